The topological polar surface area (TPSA) is 65.8 Å². The predicted molar refractivity (Wildman–Crippen MR) is 99.1 cm³/mol. The van der Waals surface area contributed by atoms with Crippen LogP contribution in [0.15, 0.2) is 47.8 Å². The minimum absolute atomic E-state index is 0.170. The van der Waals surface area contributed by atoms with Gasteiger partial charge in [-0.1, -0.05) is 18.2 Å². The Kier molecular flexibility index (Phi) is 6.12. The van der Waals surface area contributed by atoms with Crippen molar-refractivity contribution in [3.63, 3.8) is 0 Å². The molecule has 1 heterocycles. The summed E-state index contributed by atoms with van der Waals surface area (Å²) in [6.07, 6.45) is -4.66. The van der Waals surface area contributed by atoms with E-state index in [2.05, 4.69) is 10.3 Å². The van der Waals surface area contributed by atoms with E-state index < -0.39 is 35.3 Å². The van der Waals surface area contributed by atoms with Crippen molar-refractivity contribution >= 4 is 17.2 Å². The van der Waals surface area contributed by atoms with Gasteiger partial charge in [-0.05, 0) is 18.2 Å². The molecule has 1 N–H and O–H groups in total. The molecule has 30 heavy (non-hydrogen) atoms. The van der Waals surface area contributed by atoms with Gasteiger partial charge in [0, 0.05) is 22.6 Å². The third-order valence-corrected chi connectivity index (χ3v) is 5.00. The molecular formula is C20H12F5N3OS. The zero-order chi connectivity index (χ0) is 21.9. The Hall–Kier alpha value is -3.32. The number of amides is 1. The van der Waals surface area contributed by atoms with Crippen molar-refractivity contribution in [2.45, 2.75) is 18.6 Å². The van der Waals surface area contributed by atoms with Crippen LogP contribution in [0.25, 0.3) is 10.6 Å². The number of hydrogen-bond donors (Lipinski definition) is 1. The maximum atomic E-state index is 13.8. The number of nitrogens with zero attached hydrogens (tertiary/aromatic N) is 2. The molecule has 154 valence electrons. The Bertz CT molecular complexity index is 1100. The maximum absolute atomic E-state index is 13.8. The van der Waals surface area contributed by atoms with Gasteiger partial charge in [-0.25, -0.2) is 13.8 Å². The van der Waals surface area contributed by atoms with Crippen molar-refractivity contribution in [3.05, 3.63) is 76.3 Å². The van der Waals surface area contributed by atoms with Crippen LogP contribution in [-0.4, -0.2) is 10.9 Å². The van der Waals surface area contributed by atoms with Crippen LogP contribution in [0.2, 0.25) is 0 Å². The average Bonchev–Trinajstić information content (AvgIpc) is 3.14. The molecule has 0 saturated carbocycles. The van der Waals surface area contributed by atoms with Gasteiger partial charge >= 0.3 is 6.18 Å². The van der Waals surface area contributed by atoms with Crippen LogP contribution in [0.5, 0.6) is 0 Å². The number of nitrogens with one attached hydrogen (secondary N) is 1. The molecule has 1 atom stereocenters. The summed E-state index contributed by atoms with van der Waals surface area (Å²) in [6.45, 7) is 0. The summed E-state index contributed by atoms with van der Waals surface area (Å²) in [5, 5.41) is 13.5. The summed E-state index contributed by atoms with van der Waals surface area (Å²) in [6, 6.07) is 7.55. The van der Waals surface area contributed by atoms with E-state index in [1.807, 2.05) is 0 Å². The predicted octanol–water partition coefficient (Wildman–Crippen LogP) is 5.03. The van der Waals surface area contributed by atoms with Crippen LogP contribution < -0.4 is 5.32 Å². The highest BCUT2D eigenvalue weighted by Crippen LogP contribution is 2.31. The fourth-order valence-electron chi connectivity index (χ4n) is 2.61. The van der Waals surface area contributed by atoms with E-state index in [1.54, 1.807) is 11.4 Å². The molecule has 0 bridgehead atoms. The maximum Gasteiger partial charge on any atom is 0.416 e. The first-order valence-electron chi connectivity index (χ1n) is 8.43. The molecule has 1 aromatic heterocycles. The van der Waals surface area contributed by atoms with E-state index in [0.29, 0.717) is 22.3 Å². The quantitative estimate of drug-likeness (QED) is 0.570. The van der Waals surface area contributed by atoms with E-state index in [4.69, 9.17) is 0 Å². The van der Waals surface area contributed by atoms with Crippen molar-refractivity contribution < 1.29 is 26.7 Å². The summed E-state index contributed by atoms with van der Waals surface area (Å²) >= 11 is 1.14. The molecular weight excluding hydrogens is 425 g/mol. The summed E-state index contributed by atoms with van der Waals surface area (Å²) in [5.41, 5.74) is -0.152. The molecule has 0 aliphatic heterocycles. The number of alkyl halides is 3. The van der Waals surface area contributed by atoms with Gasteiger partial charge in [-0.2, -0.15) is 18.4 Å². The molecule has 0 radical (unpaired) electrons. The van der Waals surface area contributed by atoms with E-state index in [0.717, 1.165) is 35.6 Å². The van der Waals surface area contributed by atoms with Crippen molar-refractivity contribution in [1.29, 1.82) is 5.26 Å². The summed E-state index contributed by atoms with van der Waals surface area (Å²) in [5.74, 6) is -2.38. The highest BCUT2D eigenvalue weighted by Gasteiger charge is 2.30. The minimum Gasteiger partial charge on any atom is -0.336 e. The van der Waals surface area contributed by atoms with E-state index in [-0.39, 0.29) is 12.0 Å². The number of benzene rings is 2. The van der Waals surface area contributed by atoms with E-state index in [9.17, 15) is 32.0 Å². The Labute approximate surface area is 171 Å². The van der Waals surface area contributed by atoms with Gasteiger partial charge in [-0.3, -0.25) is 4.79 Å². The smallest absolute Gasteiger partial charge is 0.336 e. The lowest BCUT2D eigenvalue weighted by Gasteiger charge is -2.12. The molecule has 2 aromatic carbocycles. The molecule has 10 heteroatoms. The molecule has 0 fully saturated rings. The van der Waals surface area contributed by atoms with Crippen molar-refractivity contribution in [2.24, 2.45) is 0 Å². The molecule has 0 aliphatic carbocycles. The van der Waals surface area contributed by atoms with Crippen molar-refractivity contribution in [2.75, 3.05) is 0 Å². The number of carbonyl (C=O) groups excluding carboxylic acids is 1. The number of hydrogen-bond acceptors (Lipinski definition) is 4. The first-order valence-corrected chi connectivity index (χ1v) is 9.31. The molecule has 0 saturated heterocycles. The highest BCUT2D eigenvalue weighted by atomic mass is 32.1. The van der Waals surface area contributed by atoms with Gasteiger partial charge in [-0.15, -0.1) is 11.3 Å². The number of carbonyl (C=O) groups is 1. The fraction of sp³-hybridized carbons (Fsp3) is 0.150. The van der Waals surface area contributed by atoms with Gasteiger partial charge in [0.25, 0.3) is 0 Å². The monoisotopic (exact) mass is 437 g/mol. The van der Waals surface area contributed by atoms with E-state index >= 15 is 0 Å². The number of nitriles is 1. The lowest BCUT2D eigenvalue weighted by molar-refractivity contribution is -0.137. The van der Waals surface area contributed by atoms with Crippen LogP contribution in [-0.2, 0) is 17.4 Å². The first-order chi connectivity index (χ1) is 14.2. The van der Waals surface area contributed by atoms with Crippen LogP contribution in [0.3, 0.4) is 0 Å². The largest absolute Gasteiger partial charge is 0.416 e. The summed E-state index contributed by atoms with van der Waals surface area (Å²) in [4.78, 5) is 16.4. The Morgan fingerprint density at radius 3 is 2.47 bits per heavy atom. The fourth-order valence-corrected chi connectivity index (χ4v) is 3.44. The minimum atomic E-state index is -4.44. The number of halogens is 5. The van der Waals surface area contributed by atoms with Gasteiger partial charge in [0.15, 0.2) is 0 Å². The Morgan fingerprint density at radius 1 is 1.17 bits per heavy atom. The number of aromatic nitrogens is 1. The number of thiazole rings is 1. The molecule has 3 rings (SSSR count). The van der Waals surface area contributed by atoms with Crippen LogP contribution >= 0.6 is 11.3 Å². The Balaban J connectivity index is 1.68. The molecule has 0 aliphatic rings. The van der Waals surface area contributed by atoms with E-state index in [1.165, 1.54) is 12.1 Å². The van der Waals surface area contributed by atoms with Crippen LogP contribution in [0.1, 0.15) is 22.9 Å². The molecule has 4 nitrogen and oxygen atoms in total. The first kappa shape index (κ1) is 21.4. The van der Waals surface area contributed by atoms with Gasteiger partial charge in [0.1, 0.15) is 22.7 Å². The SMILES string of the molecule is N#CC(NC(=O)Cc1csc(-c2ccc(C(F)(F)F)cc2)n1)c1ccc(F)cc1F. The zero-order valence-corrected chi connectivity index (χ0v) is 15.8. The van der Waals surface area contributed by atoms with Gasteiger partial charge in [0.2, 0.25) is 5.91 Å². The standard InChI is InChI=1S/C20H12F5N3OS/c21-13-5-6-15(16(22)7-13)17(9-26)28-18(29)8-14-10-30-19(27-14)11-1-3-12(4-2-11)20(23,24)25/h1-7,10,17H,8H2,(H,28,29). The molecule has 1 unspecified atom stereocenters. The normalized spacial score (nSPS) is 12.3. The molecule has 0 spiro atoms. The number of rotatable bonds is 5. The second kappa shape index (κ2) is 8.59. The highest BCUT2D eigenvalue weighted by molar-refractivity contribution is 7.13. The van der Waals surface area contributed by atoms with Gasteiger partial charge < -0.3 is 5.32 Å². The molecule has 3 aromatic rings. The van der Waals surface area contributed by atoms with Crippen LogP contribution in [0, 0.1) is 23.0 Å². The lowest BCUT2D eigenvalue weighted by Crippen LogP contribution is -2.29. The third kappa shape index (κ3) is 4.99. The average molecular weight is 437 g/mol. The second-order valence-electron chi connectivity index (χ2n) is 6.19. The van der Waals surface area contributed by atoms with Gasteiger partial charge in [0.05, 0.1) is 23.7 Å². The summed E-state index contributed by atoms with van der Waals surface area (Å²) < 4.78 is 64.8. The second-order valence-corrected chi connectivity index (χ2v) is 7.05. The van der Waals surface area contributed by atoms with Crippen molar-refractivity contribution in [1.82, 2.24) is 10.3 Å². The summed E-state index contributed by atoms with van der Waals surface area (Å²) in [7, 11) is 0. The Morgan fingerprint density at radius 2 is 1.87 bits per heavy atom. The molecule has 1 amide bonds. The zero-order valence-electron chi connectivity index (χ0n) is 15.0. The lowest BCUT2D eigenvalue weighted by atomic mass is 10.1. The van der Waals surface area contributed by atoms with Crippen molar-refractivity contribution in [3.8, 4) is 16.6 Å². The van der Waals surface area contributed by atoms with Crippen LogP contribution in [0.4, 0.5) is 22.0 Å². The third-order valence-electron chi connectivity index (χ3n) is 4.06.